The van der Waals surface area contributed by atoms with Gasteiger partial charge in [0, 0.05) is 12.5 Å². The molecule has 2 N–H and O–H groups in total. The predicted octanol–water partition coefficient (Wildman–Crippen LogP) is 2.94. The molecule has 134 valence electrons. The summed E-state index contributed by atoms with van der Waals surface area (Å²) in [6, 6.07) is 12.6. The number of benzene rings is 2. The quantitative estimate of drug-likeness (QED) is 0.867. The highest BCUT2D eigenvalue weighted by atomic mass is 16.7. The third-order valence-electron chi connectivity index (χ3n) is 4.77. The van der Waals surface area contributed by atoms with Crippen LogP contribution in [-0.4, -0.2) is 18.6 Å². The van der Waals surface area contributed by atoms with Crippen molar-refractivity contribution in [3.8, 4) is 11.5 Å². The summed E-state index contributed by atoms with van der Waals surface area (Å²) in [6.07, 6.45) is 0.907. The minimum absolute atomic E-state index is 0.0199. The number of rotatable bonds is 5. The summed E-state index contributed by atoms with van der Waals surface area (Å²) in [5.74, 6) is 1.61. The SMILES string of the molecule is C[C@H]1C[C@@H]1C(=O)Nc1ccccc1C(=O)NCc1ccc2c(c1)OCO2. The fourth-order valence-electron chi connectivity index (χ4n) is 3.03. The molecule has 2 aromatic carbocycles. The number of anilines is 1. The van der Waals surface area contributed by atoms with Crippen molar-refractivity contribution in [1.82, 2.24) is 5.32 Å². The van der Waals surface area contributed by atoms with E-state index in [4.69, 9.17) is 9.47 Å². The Morgan fingerprint density at radius 2 is 1.88 bits per heavy atom. The van der Waals surface area contributed by atoms with Gasteiger partial charge in [-0.05, 0) is 42.2 Å². The summed E-state index contributed by atoms with van der Waals surface area (Å²) in [6.45, 7) is 2.63. The lowest BCUT2D eigenvalue weighted by Gasteiger charge is -2.11. The van der Waals surface area contributed by atoms with Gasteiger partial charge in [0.15, 0.2) is 11.5 Å². The lowest BCUT2D eigenvalue weighted by Crippen LogP contribution is -2.25. The molecule has 2 aliphatic rings. The number of para-hydroxylation sites is 1. The molecule has 0 spiro atoms. The highest BCUT2D eigenvalue weighted by Gasteiger charge is 2.39. The first-order valence-corrected chi connectivity index (χ1v) is 8.68. The fraction of sp³-hybridized carbons (Fsp3) is 0.300. The van der Waals surface area contributed by atoms with E-state index in [0.29, 0.717) is 35.2 Å². The topological polar surface area (TPSA) is 76.7 Å². The second-order valence-electron chi connectivity index (χ2n) is 6.72. The highest BCUT2D eigenvalue weighted by molar-refractivity contribution is 6.04. The molecule has 4 rings (SSSR count). The van der Waals surface area contributed by atoms with Crippen LogP contribution in [0, 0.1) is 11.8 Å². The normalized spacial score (nSPS) is 19.7. The van der Waals surface area contributed by atoms with E-state index in [1.54, 1.807) is 24.3 Å². The molecule has 0 bridgehead atoms. The van der Waals surface area contributed by atoms with Gasteiger partial charge >= 0.3 is 0 Å². The van der Waals surface area contributed by atoms with E-state index < -0.39 is 0 Å². The average molecular weight is 352 g/mol. The molecule has 1 heterocycles. The van der Waals surface area contributed by atoms with Crippen LogP contribution >= 0.6 is 0 Å². The van der Waals surface area contributed by atoms with Crippen LogP contribution in [0.25, 0.3) is 0 Å². The molecule has 26 heavy (non-hydrogen) atoms. The molecule has 6 heteroatoms. The minimum atomic E-state index is -0.234. The molecular weight excluding hydrogens is 332 g/mol. The van der Waals surface area contributed by atoms with E-state index >= 15 is 0 Å². The van der Waals surface area contributed by atoms with Crippen LogP contribution in [0.15, 0.2) is 42.5 Å². The van der Waals surface area contributed by atoms with Crippen molar-refractivity contribution >= 4 is 17.5 Å². The third kappa shape index (κ3) is 3.35. The Labute approximate surface area is 151 Å². The number of hydrogen-bond donors (Lipinski definition) is 2. The van der Waals surface area contributed by atoms with E-state index in [0.717, 1.165) is 12.0 Å². The molecule has 0 saturated heterocycles. The molecule has 1 aliphatic carbocycles. The molecule has 2 atom stereocenters. The van der Waals surface area contributed by atoms with Crippen molar-refractivity contribution in [1.29, 1.82) is 0 Å². The molecule has 0 radical (unpaired) electrons. The third-order valence-corrected chi connectivity index (χ3v) is 4.77. The van der Waals surface area contributed by atoms with Gasteiger partial charge in [-0.3, -0.25) is 9.59 Å². The molecule has 0 unspecified atom stereocenters. The number of ether oxygens (including phenoxy) is 2. The zero-order valence-corrected chi connectivity index (χ0v) is 14.5. The van der Waals surface area contributed by atoms with E-state index in [1.165, 1.54) is 0 Å². The first-order chi connectivity index (χ1) is 12.6. The molecular formula is C20H20N2O4. The second kappa shape index (κ2) is 6.71. The number of carbonyl (C=O) groups is 2. The summed E-state index contributed by atoms with van der Waals surface area (Å²) in [5, 5.41) is 5.77. The first kappa shape index (κ1) is 16.4. The zero-order valence-electron chi connectivity index (χ0n) is 14.5. The number of fused-ring (bicyclic) bond motifs is 1. The van der Waals surface area contributed by atoms with Crippen molar-refractivity contribution in [2.45, 2.75) is 19.9 Å². The smallest absolute Gasteiger partial charge is 0.253 e. The van der Waals surface area contributed by atoms with Gasteiger partial charge in [0.25, 0.3) is 5.91 Å². The van der Waals surface area contributed by atoms with Crippen molar-refractivity contribution in [2.75, 3.05) is 12.1 Å². The number of amides is 2. The standard InChI is InChI=1S/C20H20N2O4/c1-12-8-15(12)20(24)22-16-5-3-2-4-14(16)19(23)21-10-13-6-7-17-18(9-13)26-11-25-17/h2-7,9,12,15H,8,10-11H2,1H3,(H,21,23)(H,22,24)/t12-,15-/m0/s1. The Hall–Kier alpha value is -3.02. The predicted molar refractivity (Wildman–Crippen MR) is 96.1 cm³/mol. The average Bonchev–Trinajstić information content (AvgIpc) is 3.20. The highest BCUT2D eigenvalue weighted by Crippen LogP contribution is 2.38. The molecule has 1 saturated carbocycles. The summed E-state index contributed by atoms with van der Waals surface area (Å²) < 4.78 is 10.6. The van der Waals surface area contributed by atoms with Crippen LogP contribution in [0.5, 0.6) is 11.5 Å². The Morgan fingerprint density at radius 3 is 2.69 bits per heavy atom. The number of carbonyl (C=O) groups excluding carboxylic acids is 2. The van der Waals surface area contributed by atoms with Crippen molar-refractivity contribution < 1.29 is 19.1 Å². The van der Waals surface area contributed by atoms with Crippen molar-refractivity contribution in [2.24, 2.45) is 11.8 Å². The van der Waals surface area contributed by atoms with E-state index in [-0.39, 0.29) is 24.5 Å². The maximum absolute atomic E-state index is 12.6. The van der Waals surface area contributed by atoms with E-state index in [1.807, 2.05) is 25.1 Å². The number of nitrogens with one attached hydrogen (secondary N) is 2. The van der Waals surface area contributed by atoms with Crippen LogP contribution in [-0.2, 0) is 11.3 Å². The van der Waals surface area contributed by atoms with E-state index in [2.05, 4.69) is 10.6 Å². The monoisotopic (exact) mass is 352 g/mol. The molecule has 1 aliphatic heterocycles. The van der Waals surface area contributed by atoms with Gasteiger partial charge in [-0.25, -0.2) is 0 Å². The summed E-state index contributed by atoms with van der Waals surface area (Å²) in [5.41, 5.74) is 1.91. The Morgan fingerprint density at radius 1 is 1.12 bits per heavy atom. The maximum Gasteiger partial charge on any atom is 0.253 e. The van der Waals surface area contributed by atoms with Crippen LogP contribution in [0.4, 0.5) is 5.69 Å². The van der Waals surface area contributed by atoms with Gasteiger partial charge in [-0.15, -0.1) is 0 Å². The first-order valence-electron chi connectivity index (χ1n) is 8.68. The van der Waals surface area contributed by atoms with E-state index in [9.17, 15) is 9.59 Å². The Kier molecular flexibility index (Phi) is 4.24. The second-order valence-corrected chi connectivity index (χ2v) is 6.72. The summed E-state index contributed by atoms with van der Waals surface area (Å²) in [7, 11) is 0. The molecule has 0 aromatic heterocycles. The molecule has 2 amide bonds. The van der Waals surface area contributed by atoms with Gasteiger partial charge in [0.05, 0.1) is 11.3 Å². The Bertz CT molecular complexity index is 865. The van der Waals surface area contributed by atoms with Gasteiger partial charge in [0.2, 0.25) is 12.7 Å². The summed E-state index contributed by atoms with van der Waals surface area (Å²) in [4.78, 5) is 24.8. The lowest BCUT2D eigenvalue weighted by molar-refractivity contribution is -0.117. The molecule has 1 fully saturated rings. The van der Waals surface area contributed by atoms with Gasteiger partial charge in [0.1, 0.15) is 0 Å². The van der Waals surface area contributed by atoms with Crippen LogP contribution in [0.1, 0.15) is 29.3 Å². The van der Waals surface area contributed by atoms with Gasteiger partial charge in [-0.1, -0.05) is 25.1 Å². The van der Waals surface area contributed by atoms with Crippen LogP contribution in [0.2, 0.25) is 0 Å². The molecule has 6 nitrogen and oxygen atoms in total. The molecule has 2 aromatic rings. The summed E-state index contributed by atoms with van der Waals surface area (Å²) >= 11 is 0. The lowest BCUT2D eigenvalue weighted by atomic mass is 10.1. The number of hydrogen-bond acceptors (Lipinski definition) is 4. The fourth-order valence-corrected chi connectivity index (χ4v) is 3.03. The van der Waals surface area contributed by atoms with Crippen molar-refractivity contribution in [3.63, 3.8) is 0 Å². The van der Waals surface area contributed by atoms with Gasteiger partial charge in [-0.2, -0.15) is 0 Å². The maximum atomic E-state index is 12.6. The minimum Gasteiger partial charge on any atom is -0.454 e. The largest absolute Gasteiger partial charge is 0.454 e. The van der Waals surface area contributed by atoms with Crippen LogP contribution in [0.3, 0.4) is 0 Å². The van der Waals surface area contributed by atoms with Crippen LogP contribution < -0.4 is 20.1 Å². The van der Waals surface area contributed by atoms with Crippen molar-refractivity contribution in [3.05, 3.63) is 53.6 Å². The zero-order chi connectivity index (χ0) is 18.1. The van der Waals surface area contributed by atoms with Gasteiger partial charge < -0.3 is 20.1 Å². The Balaban J connectivity index is 1.42.